The van der Waals surface area contributed by atoms with Crippen molar-refractivity contribution in [3.63, 3.8) is 0 Å². The number of para-hydroxylation sites is 1. The molecule has 1 aromatic rings. The van der Waals surface area contributed by atoms with E-state index in [-0.39, 0.29) is 13.0 Å². The van der Waals surface area contributed by atoms with E-state index in [1.54, 1.807) is 32.0 Å². The summed E-state index contributed by atoms with van der Waals surface area (Å²) in [6, 6.07) is 4.72. The van der Waals surface area contributed by atoms with Crippen LogP contribution >= 0.6 is 23.2 Å². The number of hydrogen-bond donors (Lipinski definition) is 2. The summed E-state index contributed by atoms with van der Waals surface area (Å²) >= 11 is 11.2. The Morgan fingerprint density at radius 2 is 1.78 bits per heavy atom. The number of nitrogens with zero attached hydrogens (tertiary/aromatic N) is 1. The number of halogens is 2. The molecule has 23 heavy (non-hydrogen) atoms. The van der Waals surface area contributed by atoms with E-state index in [9.17, 15) is 16.8 Å². The highest BCUT2D eigenvalue weighted by Gasteiger charge is 2.19. The van der Waals surface area contributed by atoms with Gasteiger partial charge in [0, 0.05) is 6.42 Å². The van der Waals surface area contributed by atoms with E-state index in [0.717, 1.165) is 3.95 Å². The van der Waals surface area contributed by atoms with Crippen LogP contribution in [0.25, 0.3) is 0 Å². The molecule has 7 nitrogen and oxygen atoms in total. The van der Waals surface area contributed by atoms with Crippen LogP contribution in [0.15, 0.2) is 18.2 Å². The second-order valence-corrected chi connectivity index (χ2v) is 7.80. The Labute approximate surface area is 147 Å². The molecule has 0 radical (unpaired) electrons. The molecule has 0 amide bonds. The van der Waals surface area contributed by atoms with Gasteiger partial charge in [-0.05, 0) is 26.0 Å². The van der Waals surface area contributed by atoms with Crippen LogP contribution in [-0.2, 0) is 20.6 Å². The molecule has 0 aromatic heterocycles. The van der Waals surface area contributed by atoms with Gasteiger partial charge in [0.2, 0.25) is 0 Å². The quantitative estimate of drug-likeness (QED) is 0.440. The Hall–Kier alpha value is -0.870. The van der Waals surface area contributed by atoms with Crippen molar-refractivity contribution in [3.8, 4) is 0 Å². The third kappa shape index (κ3) is 9.11. The molecule has 11 heteroatoms. The Morgan fingerprint density at radius 3 is 2.09 bits per heavy atom. The first kappa shape index (κ1) is 22.1. The standard InChI is InChI=1S/C6H5Cl2N.C6H13NO5S2/c7-4-2-1-3-5(8)6(4)9;1-3-7(13(8)9)6(2)4-5-14(10,11)12/h1-3H,9H2;6H,3-5H2,1-2H3/p+1. The molecule has 0 aliphatic carbocycles. The minimum Gasteiger partial charge on any atom is -0.396 e. The van der Waals surface area contributed by atoms with Crippen molar-refractivity contribution >= 4 is 49.5 Å². The number of anilines is 1. The molecule has 0 fully saturated rings. The van der Waals surface area contributed by atoms with Crippen molar-refractivity contribution in [2.45, 2.75) is 26.3 Å². The van der Waals surface area contributed by atoms with Gasteiger partial charge in [0.1, 0.15) is 0 Å². The van der Waals surface area contributed by atoms with E-state index < -0.39 is 32.4 Å². The summed E-state index contributed by atoms with van der Waals surface area (Å²) < 4.78 is 51.6. The average molecular weight is 406 g/mol. The molecule has 0 bridgehead atoms. The lowest BCUT2D eigenvalue weighted by molar-refractivity contribution is -0.536. The van der Waals surface area contributed by atoms with E-state index in [1.807, 2.05) is 0 Å². The van der Waals surface area contributed by atoms with Gasteiger partial charge in [0.25, 0.3) is 10.1 Å². The van der Waals surface area contributed by atoms with Crippen LogP contribution in [0.5, 0.6) is 0 Å². The van der Waals surface area contributed by atoms with Gasteiger partial charge in [-0.2, -0.15) is 8.42 Å². The monoisotopic (exact) mass is 405 g/mol. The number of hydrogen-bond acceptors (Lipinski definition) is 5. The van der Waals surface area contributed by atoms with Crippen molar-refractivity contribution in [1.82, 2.24) is 0 Å². The van der Waals surface area contributed by atoms with Crippen molar-refractivity contribution in [2.24, 2.45) is 0 Å². The van der Waals surface area contributed by atoms with Crippen molar-refractivity contribution in [2.75, 3.05) is 18.0 Å². The fourth-order valence-corrected chi connectivity index (χ4v) is 3.18. The lowest BCUT2D eigenvalue weighted by Crippen LogP contribution is -2.25. The van der Waals surface area contributed by atoms with Gasteiger partial charge in [-0.15, -0.1) is 12.4 Å². The lowest BCUT2D eigenvalue weighted by atomic mass is 10.3. The van der Waals surface area contributed by atoms with E-state index in [2.05, 4.69) is 0 Å². The molecule has 0 aliphatic heterocycles. The van der Waals surface area contributed by atoms with Crippen LogP contribution in [0.3, 0.4) is 0 Å². The van der Waals surface area contributed by atoms with Gasteiger partial charge in [-0.1, -0.05) is 29.3 Å². The maximum Gasteiger partial charge on any atom is 0.459 e. The summed E-state index contributed by atoms with van der Waals surface area (Å²) in [5.41, 5.74) is 5.86. The molecular formula is C12H19Cl2N2O5S2+. The Kier molecular flexibility index (Phi) is 9.71. The molecule has 0 heterocycles. The molecular weight excluding hydrogens is 387 g/mol. The Bertz CT molecular complexity index is 735. The molecule has 1 atom stereocenters. The van der Waals surface area contributed by atoms with Crippen LogP contribution in [-0.4, -0.2) is 43.7 Å². The van der Waals surface area contributed by atoms with Gasteiger partial charge in [0.15, 0.2) is 12.6 Å². The Balaban J connectivity index is 0.000000459. The average Bonchev–Trinajstić information content (AvgIpc) is 2.43. The first-order chi connectivity index (χ1) is 10.5. The smallest absolute Gasteiger partial charge is 0.396 e. The molecule has 3 N–H and O–H groups in total. The normalized spacial score (nSPS) is 12.0. The summed E-state index contributed by atoms with van der Waals surface area (Å²) in [5.74, 6) is -0.429. The molecule has 1 rings (SSSR count). The van der Waals surface area contributed by atoms with Crippen LogP contribution < -0.4 is 5.73 Å². The zero-order valence-electron chi connectivity index (χ0n) is 12.6. The minimum absolute atomic E-state index is 0.0840. The van der Waals surface area contributed by atoms with Gasteiger partial charge < -0.3 is 5.73 Å². The van der Waals surface area contributed by atoms with Gasteiger partial charge in [-0.25, -0.2) is 0 Å². The van der Waals surface area contributed by atoms with Crippen molar-refractivity contribution < 1.29 is 25.3 Å². The SMILES string of the molecule is CC[N+](C(C)CCS(=O)(=O)O)=S(=O)=O.Nc1c(Cl)cccc1Cl. The molecule has 0 spiro atoms. The third-order valence-electron chi connectivity index (χ3n) is 2.79. The maximum atomic E-state index is 10.6. The lowest BCUT2D eigenvalue weighted by Gasteiger charge is -2.03. The van der Waals surface area contributed by atoms with Crippen molar-refractivity contribution in [3.05, 3.63) is 28.2 Å². The second kappa shape index (κ2) is 10.1. The largest absolute Gasteiger partial charge is 0.459 e. The van der Waals surface area contributed by atoms with Gasteiger partial charge in [0.05, 0.1) is 21.5 Å². The van der Waals surface area contributed by atoms with E-state index in [0.29, 0.717) is 15.7 Å². The first-order valence-corrected chi connectivity index (χ1v) is 9.90. The Morgan fingerprint density at radius 1 is 1.30 bits per heavy atom. The zero-order valence-corrected chi connectivity index (χ0v) is 15.8. The molecule has 1 aromatic carbocycles. The fraction of sp³-hybridized carbons (Fsp3) is 0.500. The van der Waals surface area contributed by atoms with Crippen LogP contribution in [0.4, 0.5) is 5.69 Å². The van der Waals surface area contributed by atoms with Crippen molar-refractivity contribution in [1.29, 1.82) is 0 Å². The van der Waals surface area contributed by atoms with Crippen LogP contribution in [0, 0.1) is 0 Å². The summed E-state index contributed by atoms with van der Waals surface area (Å²) in [6.07, 6.45) is 0.0840. The highest BCUT2D eigenvalue weighted by atomic mass is 35.5. The van der Waals surface area contributed by atoms with Gasteiger partial charge in [-0.3, -0.25) is 4.55 Å². The summed E-state index contributed by atoms with van der Waals surface area (Å²) in [7, 11) is -6.37. The molecule has 1 unspecified atom stereocenters. The zero-order chi connectivity index (χ0) is 18.2. The maximum absolute atomic E-state index is 10.6. The summed E-state index contributed by atoms with van der Waals surface area (Å²) in [6.45, 7) is 3.52. The third-order valence-corrected chi connectivity index (χ3v) is 5.20. The fourth-order valence-electron chi connectivity index (χ4n) is 1.54. The summed E-state index contributed by atoms with van der Waals surface area (Å²) in [4.78, 5) is 0. The van der Waals surface area contributed by atoms with E-state index >= 15 is 0 Å². The number of nitrogens with two attached hydrogens (primary N) is 1. The topological polar surface area (TPSA) is 118 Å². The molecule has 132 valence electrons. The highest BCUT2D eigenvalue weighted by Crippen LogP contribution is 2.25. The van der Waals surface area contributed by atoms with E-state index in [1.165, 1.54) is 0 Å². The van der Waals surface area contributed by atoms with Crippen LogP contribution in [0.1, 0.15) is 20.3 Å². The number of nitrogen functional groups attached to an aromatic ring is 1. The second-order valence-electron chi connectivity index (χ2n) is 4.51. The first-order valence-electron chi connectivity index (χ1n) is 6.50. The molecule has 0 saturated carbocycles. The highest BCUT2D eigenvalue weighted by molar-refractivity contribution is 7.85. The van der Waals surface area contributed by atoms with E-state index in [4.69, 9.17) is 33.5 Å². The summed E-state index contributed by atoms with van der Waals surface area (Å²) in [5, 5.41) is 1.00. The minimum atomic E-state index is -4.01. The number of rotatable bonds is 5. The van der Waals surface area contributed by atoms with Gasteiger partial charge >= 0.3 is 10.5 Å². The predicted octanol–water partition coefficient (Wildman–Crippen LogP) is 2.32. The number of benzene rings is 1. The van der Waals surface area contributed by atoms with Crippen LogP contribution in [0.2, 0.25) is 10.0 Å². The predicted molar refractivity (Wildman–Crippen MR) is 91.1 cm³/mol. The molecule has 0 aliphatic rings. The molecule has 0 saturated heterocycles.